The molecule has 0 aromatic heterocycles. The molecule has 0 spiro atoms. The zero-order chi connectivity index (χ0) is 17.2. The van der Waals surface area contributed by atoms with E-state index >= 15 is 0 Å². The van der Waals surface area contributed by atoms with Crippen molar-refractivity contribution in [2.75, 3.05) is 6.54 Å². The van der Waals surface area contributed by atoms with Gasteiger partial charge in [0, 0.05) is 6.54 Å². The molecule has 1 aliphatic heterocycles. The summed E-state index contributed by atoms with van der Waals surface area (Å²) in [5.74, 6) is -0.690. The van der Waals surface area contributed by atoms with Crippen LogP contribution in [0, 0.1) is 12.7 Å². The minimum Gasteiger partial charge on any atom is -0.207 e. The van der Waals surface area contributed by atoms with Gasteiger partial charge in [-0.1, -0.05) is 54.8 Å². The molecule has 1 aliphatic rings. The van der Waals surface area contributed by atoms with Crippen LogP contribution >= 0.6 is 0 Å². The molecule has 2 aromatic rings. The van der Waals surface area contributed by atoms with Crippen LogP contribution in [0.2, 0.25) is 0 Å². The Labute approximate surface area is 143 Å². The second kappa shape index (κ2) is 7.03. The van der Waals surface area contributed by atoms with Crippen molar-refractivity contribution in [2.45, 2.75) is 43.5 Å². The maximum Gasteiger partial charge on any atom is 0.246 e. The van der Waals surface area contributed by atoms with Gasteiger partial charge in [0.25, 0.3) is 0 Å². The highest BCUT2D eigenvalue weighted by atomic mass is 32.2. The Balaban J connectivity index is 2.04. The summed E-state index contributed by atoms with van der Waals surface area (Å²) in [4.78, 5) is -0.232. The van der Waals surface area contributed by atoms with Gasteiger partial charge in [-0.25, -0.2) is 12.8 Å². The minimum absolute atomic E-state index is 0.232. The standard InChI is InChI=1S/C19H22FNO2S/c1-15-10-12-16(13-11-15)18-8-3-2-6-14-21(18)24(22,23)19-9-5-4-7-17(19)20/h4-5,7,9-13,18H,2-3,6,8,14H2,1H3. The first-order valence-electron chi connectivity index (χ1n) is 8.33. The molecule has 0 N–H and O–H groups in total. The van der Waals surface area contributed by atoms with E-state index in [1.165, 1.54) is 22.5 Å². The van der Waals surface area contributed by atoms with Gasteiger partial charge in [-0.2, -0.15) is 4.31 Å². The van der Waals surface area contributed by atoms with E-state index < -0.39 is 15.8 Å². The first kappa shape index (κ1) is 17.1. The van der Waals surface area contributed by atoms with Crippen molar-refractivity contribution in [3.63, 3.8) is 0 Å². The van der Waals surface area contributed by atoms with E-state index in [1.54, 1.807) is 6.07 Å². The van der Waals surface area contributed by atoms with E-state index in [-0.39, 0.29) is 10.9 Å². The van der Waals surface area contributed by atoms with E-state index in [1.807, 2.05) is 31.2 Å². The summed E-state index contributed by atoms with van der Waals surface area (Å²) < 4.78 is 41.8. The molecule has 3 rings (SSSR count). The third-order valence-electron chi connectivity index (χ3n) is 4.59. The normalized spacial score (nSPS) is 19.8. The van der Waals surface area contributed by atoms with Crippen molar-refractivity contribution in [3.8, 4) is 0 Å². The number of aryl methyl sites for hydroxylation is 1. The quantitative estimate of drug-likeness (QED) is 0.823. The van der Waals surface area contributed by atoms with Gasteiger partial charge < -0.3 is 0 Å². The molecular formula is C19H22FNO2S. The highest BCUT2D eigenvalue weighted by molar-refractivity contribution is 7.89. The van der Waals surface area contributed by atoms with Crippen molar-refractivity contribution >= 4 is 10.0 Å². The molecular weight excluding hydrogens is 325 g/mol. The third kappa shape index (κ3) is 3.37. The number of benzene rings is 2. The van der Waals surface area contributed by atoms with E-state index in [4.69, 9.17) is 0 Å². The van der Waals surface area contributed by atoms with Crippen LogP contribution in [0.5, 0.6) is 0 Å². The van der Waals surface area contributed by atoms with Gasteiger partial charge in [-0.15, -0.1) is 0 Å². The molecule has 1 fully saturated rings. The topological polar surface area (TPSA) is 37.4 Å². The number of nitrogens with zero attached hydrogens (tertiary/aromatic N) is 1. The van der Waals surface area contributed by atoms with E-state index in [0.29, 0.717) is 6.54 Å². The van der Waals surface area contributed by atoms with E-state index in [9.17, 15) is 12.8 Å². The van der Waals surface area contributed by atoms with Gasteiger partial charge >= 0.3 is 0 Å². The number of rotatable bonds is 3. The minimum atomic E-state index is -3.87. The largest absolute Gasteiger partial charge is 0.246 e. The number of sulfonamides is 1. The van der Waals surface area contributed by atoms with Crippen LogP contribution in [0.3, 0.4) is 0 Å². The zero-order valence-electron chi connectivity index (χ0n) is 13.8. The van der Waals surface area contributed by atoms with Crippen LogP contribution in [-0.2, 0) is 10.0 Å². The molecule has 0 amide bonds. The lowest BCUT2D eigenvalue weighted by molar-refractivity contribution is 0.327. The summed E-state index contributed by atoms with van der Waals surface area (Å²) in [6, 6.07) is 13.3. The van der Waals surface area contributed by atoms with Crippen LogP contribution in [0.15, 0.2) is 53.4 Å². The predicted molar refractivity (Wildman–Crippen MR) is 92.7 cm³/mol. The predicted octanol–water partition coefficient (Wildman–Crippen LogP) is 4.44. The molecule has 3 nitrogen and oxygen atoms in total. The fourth-order valence-electron chi connectivity index (χ4n) is 3.27. The molecule has 0 radical (unpaired) electrons. The lowest BCUT2D eigenvalue weighted by Gasteiger charge is -2.29. The Hall–Kier alpha value is -1.72. The fraction of sp³-hybridized carbons (Fsp3) is 0.368. The summed E-state index contributed by atoms with van der Waals surface area (Å²) in [5.41, 5.74) is 2.11. The second-order valence-electron chi connectivity index (χ2n) is 6.32. The van der Waals surface area contributed by atoms with E-state index in [0.717, 1.165) is 36.8 Å². The SMILES string of the molecule is Cc1ccc(C2CCCCCN2S(=O)(=O)c2ccccc2F)cc1. The Morgan fingerprint density at radius 2 is 1.71 bits per heavy atom. The average molecular weight is 347 g/mol. The van der Waals surface area contributed by atoms with Crippen molar-refractivity contribution in [2.24, 2.45) is 0 Å². The Morgan fingerprint density at radius 3 is 2.42 bits per heavy atom. The molecule has 5 heteroatoms. The monoisotopic (exact) mass is 347 g/mol. The zero-order valence-corrected chi connectivity index (χ0v) is 14.6. The summed E-state index contributed by atoms with van der Waals surface area (Å²) >= 11 is 0. The second-order valence-corrected chi connectivity index (χ2v) is 8.18. The first-order chi connectivity index (χ1) is 11.5. The van der Waals surface area contributed by atoms with Gasteiger partial charge in [0.1, 0.15) is 10.7 Å². The molecule has 1 atom stereocenters. The summed E-state index contributed by atoms with van der Waals surface area (Å²) in [6.45, 7) is 2.43. The van der Waals surface area contributed by atoms with Gasteiger partial charge in [0.05, 0.1) is 6.04 Å². The van der Waals surface area contributed by atoms with Crippen molar-refractivity contribution in [1.29, 1.82) is 0 Å². The smallest absolute Gasteiger partial charge is 0.207 e. The molecule has 0 bridgehead atoms. The maximum atomic E-state index is 14.1. The maximum absolute atomic E-state index is 14.1. The number of hydrogen-bond donors (Lipinski definition) is 0. The summed E-state index contributed by atoms with van der Waals surface area (Å²) in [6.07, 6.45) is 3.53. The molecule has 1 heterocycles. The molecule has 128 valence electrons. The van der Waals surface area contributed by atoms with E-state index in [2.05, 4.69) is 0 Å². The van der Waals surface area contributed by atoms with Gasteiger partial charge in [0.2, 0.25) is 10.0 Å². The first-order valence-corrected chi connectivity index (χ1v) is 9.77. The number of hydrogen-bond acceptors (Lipinski definition) is 2. The lowest BCUT2D eigenvalue weighted by atomic mass is 10.0. The van der Waals surface area contributed by atoms with Crippen molar-refractivity contribution < 1.29 is 12.8 Å². The van der Waals surface area contributed by atoms with Gasteiger partial charge in [0.15, 0.2) is 0 Å². The van der Waals surface area contributed by atoms with Crippen molar-refractivity contribution in [3.05, 3.63) is 65.5 Å². The Kier molecular flexibility index (Phi) is 5.01. The average Bonchev–Trinajstić information content (AvgIpc) is 2.82. The molecule has 1 saturated heterocycles. The molecule has 0 saturated carbocycles. The fourth-order valence-corrected chi connectivity index (χ4v) is 5.02. The van der Waals surface area contributed by atoms with Crippen LogP contribution in [-0.4, -0.2) is 19.3 Å². The number of halogens is 1. The molecule has 1 unspecified atom stereocenters. The summed E-state index contributed by atoms with van der Waals surface area (Å²) in [7, 11) is -3.87. The van der Waals surface area contributed by atoms with Crippen molar-refractivity contribution in [1.82, 2.24) is 4.31 Å². The van der Waals surface area contributed by atoms with Crippen LogP contribution in [0.1, 0.15) is 42.9 Å². The summed E-state index contributed by atoms with van der Waals surface area (Å²) in [5, 5.41) is 0. The molecule has 24 heavy (non-hydrogen) atoms. The van der Waals surface area contributed by atoms with Gasteiger partial charge in [-0.3, -0.25) is 0 Å². The van der Waals surface area contributed by atoms with Gasteiger partial charge in [-0.05, 0) is 37.5 Å². The highest BCUT2D eigenvalue weighted by Gasteiger charge is 2.34. The molecule has 2 aromatic carbocycles. The van der Waals surface area contributed by atoms with Crippen LogP contribution in [0.4, 0.5) is 4.39 Å². The van der Waals surface area contributed by atoms with Crippen LogP contribution in [0.25, 0.3) is 0 Å². The van der Waals surface area contributed by atoms with Crippen LogP contribution < -0.4 is 0 Å². The lowest BCUT2D eigenvalue weighted by Crippen LogP contribution is -2.35. The third-order valence-corrected chi connectivity index (χ3v) is 6.53. The highest BCUT2D eigenvalue weighted by Crippen LogP contribution is 2.35. The Morgan fingerprint density at radius 1 is 1.00 bits per heavy atom. The Bertz CT molecular complexity index is 802. The molecule has 0 aliphatic carbocycles.